The number of sulfone groups is 1. The molecule has 5 rings (SSSR count). The summed E-state index contributed by atoms with van der Waals surface area (Å²) in [6, 6.07) is 4.60. The Bertz CT molecular complexity index is 1730. The van der Waals surface area contributed by atoms with Gasteiger partial charge in [-0.1, -0.05) is 0 Å². The number of hydrogen-bond acceptors (Lipinski definition) is 7. The summed E-state index contributed by atoms with van der Waals surface area (Å²) in [5.74, 6) is -6.10. The predicted molar refractivity (Wildman–Crippen MR) is 139 cm³/mol. The number of hydrogen-bond donors (Lipinski definition) is 1. The first kappa shape index (κ1) is 34.9. The number of carbonyl (C=O) groups excluding carboxylic acids is 1. The Morgan fingerprint density at radius 2 is 1.48 bits per heavy atom. The summed E-state index contributed by atoms with van der Waals surface area (Å²) in [4.78, 5) is 21.1. The van der Waals surface area contributed by atoms with Gasteiger partial charge in [0.25, 0.3) is 5.91 Å². The molecule has 0 bridgehead atoms. The van der Waals surface area contributed by atoms with Crippen LogP contribution in [0.4, 0.5) is 43.9 Å². The van der Waals surface area contributed by atoms with Crippen LogP contribution in [0, 0.1) is 0 Å². The maximum atomic E-state index is 13.3. The third kappa shape index (κ3) is 8.04. The summed E-state index contributed by atoms with van der Waals surface area (Å²) in [5, 5.41) is 2.94. The zero-order valence-corrected chi connectivity index (χ0v) is 24.1. The van der Waals surface area contributed by atoms with E-state index in [1.54, 1.807) is 0 Å². The van der Waals surface area contributed by atoms with Crippen molar-refractivity contribution in [2.24, 2.45) is 0 Å². The molecular formula is C27H22F10N4O4S. The summed E-state index contributed by atoms with van der Waals surface area (Å²) in [5.41, 5.74) is -0.635. The molecule has 2 aromatic heterocycles. The molecule has 2 aliphatic heterocycles. The molecule has 250 valence electrons. The van der Waals surface area contributed by atoms with Crippen molar-refractivity contribution in [1.82, 2.24) is 20.2 Å². The lowest BCUT2D eigenvalue weighted by Crippen LogP contribution is -2.34. The molecule has 0 atom stereocenters. The van der Waals surface area contributed by atoms with Gasteiger partial charge in [-0.15, -0.1) is 0 Å². The summed E-state index contributed by atoms with van der Waals surface area (Å²) in [7, 11) is -3.86. The molecule has 46 heavy (non-hydrogen) atoms. The largest absolute Gasteiger partial charge is 0.486 e. The van der Waals surface area contributed by atoms with E-state index in [2.05, 4.69) is 15.3 Å². The van der Waals surface area contributed by atoms with Crippen LogP contribution >= 0.6 is 0 Å². The van der Waals surface area contributed by atoms with Crippen LogP contribution < -0.4 is 10.1 Å². The molecule has 0 fully saturated rings. The van der Waals surface area contributed by atoms with Gasteiger partial charge in [-0.2, -0.15) is 35.1 Å². The Kier molecular flexibility index (Phi) is 9.59. The summed E-state index contributed by atoms with van der Waals surface area (Å²) in [6.45, 7) is -1.33. The smallest absolute Gasteiger partial charge is 0.417 e. The van der Waals surface area contributed by atoms with E-state index >= 15 is 0 Å². The molecule has 0 spiro atoms. The van der Waals surface area contributed by atoms with E-state index < -0.39 is 69.5 Å². The maximum Gasteiger partial charge on any atom is 0.417 e. The number of pyridine rings is 2. The van der Waals surface area contributed by atoms with Gasteiger partial charge in [-0.3, -0.25) is 14.8 Å². The minimum absolute atomic E-state index is 0.0872. The normalized spacial score (nSPS) is 14.9. The second kappa shape index (κ2) is 12.7. The van der Waals surface area contributed by atoms with Gasteiger partial charge in [0.2, 0.25) is 0 Å². The maximum absolute atomic E-state index is 13.3. The van der Waals surface area contributed by atoms with E-state index in [1.165, 1.54) is 0 Å². The number of carbonyl (C=O) groups is 1. The highest BCUT2D eigenvalue weighted by Crippen LogP contribution is 2.34. The topological polar surface area (TPSA) is 101 Å². The van der Waals surface area contributed by atoms with Gasteiger partial charge in [-0.05, 0) is 41.5 Å². The molecule has 1 N–H and O–H groups in total. The first-order valence-electron chi connectivity index (χ1n) is 12.9. The van der Waals surface area contributed by atoms with Gasteiger partial charge in [0.15, 0.2) is 16.4 Å². The average Bonchev–Trinajstić information content (AvgIpc) is 3.61. The third-order valence-electron chi connectivity index (χ3n) is 6.72. The average molecular weight is 689 g/mol. The van der Waals surface area contributed by atoms with Crippen LogP contribution in [-0.4, -0.2) is 54.4 Å². The van der Waals surface area contributed by atoms with Crippen molar-refractivity contribution in [3.05, 3.63) is 81.9 Å². The molecule has 4 heterocycles. The fraction of sp³-hybridized carbons (Fsp3) is 0.370. The summed E-state index contributed by atoms with van der Waals surface area (Å²) >= 11 is 0. The van der Waals surface area contributed by atoms with E-state index in [4.69, 9.17) is 4.74 Å². The van der Waals surface area contributed by atoms with E-state index in [0.717, 1.165) is 47.7 Å². The van der Waals surface area contributed by atoms with Crippen LogP contribution in [-0.2, 0) is 48.4 Å². The molecule has 8 nitrogen and oxygen atoms in total. The Hall–Kier alpha value is -4.00. The van der Waals surface area contributed by atoms with E-state index in [-0.39, 0.29) is 29.2 Å². The van der Waals surface area contributed by atoms with Crippen molar-refractivity contribution in [2.75, 3.05) is 12.9 Å². The van der Waals surface area contributed by atoms with Crippen molar-refractivity contribution in [3.8, 4) is 5.75 Å². The second-order valence-electron chi connectivity index (χ2n) is 10.2. The van der Waals surface area contributed by atoms with E-state index in [1.807, 2.05) is 0 Å². The fourth-order valence-corrected chi connectivity index (χ4v) is 4.97. The Morgan fingerprint density at radius 3 is 2.04 bits per heavy atom. The van der Waals surface area contributed by atoms with Gasteiger partial charge < -0.3 is 15.0 Å². The Labute approximate surface area is 254 Å². The molecule has 19 heteroatoms. The van der Waals surface area contributed by atoms with Crippen molar-refractivity contribution in [2.45, 2.75) is 55.8 Å². The number of amides is 1. The predicted octanol–water partition coefficient (Wildman–Crippen LogP) is 5.64. The number of aromatic nitrogens is 2. The Balaban J connectivity index is 0.000000305. The number of nitrogens with zero attached hydrogens (tertiary/aromatic N) is 3. The van der Waals surface area contributed by atoms with Crippen molar-refractivity contribution in [3.63, 3.8) is 0 Å². The first-order valence-corrected chi connectivity index (χ1v) is 14.8. The quantitative estimate of drug-likeness (QED) is 0.335. The molecule has 0 saturated carbocycles. The van der Waals surface area contributed by atoms with E-state index in [9.17, 15) is 57.1 Å². The second-order valence-corrected chi connectivity index (χ2v) is 12.2. The number of halogens is 10. The molecule has 1 aromatic carbocycles. The van der Waals surface area contributed by atoms with Crippen LogP contribution in [0.2, 0.25) is 0 Å². The molecule has 3 aromatic rings. The lowest BCUT2D eigenvalue weighted by atomic mass is 10.1. The zero-order valence-electron chi connectivity index (χ0n) is 23.3. The molecule has 0 radical (unpaired) electrons. The van der Waals surface area contributed by atoms with Crippen LogP contribution in [0.25, 0.3) is 0 Å². The van der Waals surface area contributed by atoms with Crippen molar-refractivity contribution in [1.29, 1.82) is 0 Å². The van der Waals surface area contributed by atoms with Gasteiger partial charge in [0.05, 0.1) is 39.5 Å². The monoisotopic (exact) mass is 688 g/mol. The SMILES string of the molecule is CS(=O)(=O)c1ccc(OCC(F)(F)C(F)F)c(C(=O)N2Cc3cc(C(F)(F)F)cnc3C2)c1.FC(F)(F)c1cnc2c(c1)CNC2. The fourth-order valence-electron chi connectivity index (χ4n) is 4.32. The number of nitrogens with one attached hydrogen (secondary N) is 1. The minimum atomic E-state index is -4.67. The van der Waals surface area contributed by atoms with Crippen molar-refractivity contribution < 1.29 is 61.9 Å². The molecule has 0 saturated heterocycles. The van der Waals surface area contributed by atoms with Crippen LogP contribution in [0.5, 0.6) is 5.75 Å². The lowest BCUT2D eigenvalue weighted by molar-refractivity contribution is -0.148. The molecule has 2 aliphatic rings. The van der Waals surface area contributed by atoms with Crippen molar-refractivity contribution >= 4 is 15.7 Å². The van der Waals surface area contributed by atoms with Gasteiger partial charge in [-0.25, -0.2) is 17.2 Å². The first-order chi connectivity index (χ1) is 21.2. The standard InChI is InChI=1S/C19H15F7N2O4S.C8H7F3N2/c1-33(30,31)12-2-3-15(32-9-18(22,23)17(20)21)13(5-12)16(29)28-7-10-4-11(19(24,25)26)6-27-14(10)8-28;9-8(10,11)6-1-5-2-12-4-7(5)13-3-6/h2-6,17H,7-9H2,1H3;1,3,12H,2,4H2. The van der Waals surface area contributed by atoms with Gasteiger partial charge in [0.1, 0.15) is 5.75 Å². The summed E-state index contributed by atoms with van der Waals surface area (Å²) in [6.07, 6.45) is -10.7. The van der Waals surface area contributed by atoms with Crippen LogP contribution in [0.15, 0.2) is 47.6 Å². The Morgan fingerprint density at radius 1 is 0.891 bits per heavy atom. The molecule has 0 unspecified atom stereocenters. The van der Waals surface area contributed by atoms with E-state index in [0.29, 0.717) is 30.5 Å². The van der Waals surface area contributed by atoms with Gasteiger partial charge in [0, 0.05) is 38.3 Å². The number of benzene rings is 1. The minimum Gasteiger partial charge on any atom is -0.486 e. The third-order valence-corrected chi connectivity index (χ3v) is 7.83. The number of alkyl halides is 10. The van der Waals surface area contributed by atoms with Crippen LogP contribution in [0.1, 0.15) is 44.0 Å². The highest BCUT2D eigenvalue weighted by molar-refractivity contribution is 7.90. The number of fused-ring (bicyclic) bond motifs is 2. The van der Waals surface area contributed by atoms with Gasteiger partial charge >= 0.3 is 24.7 Å². The summed E-state index contributed by atoms with van der Waals surface area (Å²) < 4.78 is 155. The molecule has 0 aliphatic carbocycles. The number of rotatable bonds is 6. The van der Waals surface area contributed by atoms with Crippen LogP contribution in [0.3, 0.4) is 0 Å². The molecule has 1 amide bonds. The highest BCUT2D eigenvalue weighted by atomic mass is 32.2. The number of ether oxygens (including phenoxy) is 1. The lowest BCUT2D eigenvalue weighted by Gasteiger charge is -2.20. The molecular weight excluding hydrogens is 666 g/mol. The zero-order chi connectivity index (χ0) is 34.2. The highest BCUT2D eigenvalue weighted by Gasteiger charge is 2.42.